The fourth-order valence-electron chi connectivity index (χ4n) is 2.76. The van der Waals surface area contributed by atoms with Crippen LogP contribution < -0.4 is 10.2 Å². The molecule has 7 nitrogen and oxygen atoms in total. The fraction of sp³-hybridized carbons (Fsp3) is 0.471. The van der Waals surface area contributed by atoms with Crippen LogP contribution in [-0.4, -0.2) is 28.4 Å². The number of nitrogens with one attached hydrogen (secondary N) is 1. The van der Waals surface area contributed by atoms with Crippen LogP contribution in [0, 0.1) is 0 Å². The quantitative estimate of drug-likeness (QED) is 0.928. The zero-order chi connectivity index (χ0) is 17.2. The summed E-state index contributed by atoms with van der Waals surface area (Å²) in [5.74, 6) is 0.603. The molecule has 0 saturated carbocycles. The average Bonchev–Trinajstić information content (AvgIpc) is 3.14. The van der Waals surface area contributed by atoms with Crippen LogP contribution in [0.4, 0.5) is 10.5 Å². The first-order valence-corrected chi connectivity index (χ1v) is 8.01. The van der Waals surface area contributed by atoms with Crippen molar-refractivity contribution in [2.75, 3.05) is 11.4 Å². The van der Waals surface area contributed by atoms with Crippen LogP contribution in [-0.2, 0) is 24.2 Å². The average molecular weight is 330 g/mol. The maximum Gasteiger partial charge on any atom is 0.414 e. The van der Waals surface area contributed by atoms with Crippen molar-refractivity contribution in [3.63, 3.8) is 0 Å². The summed E-state index contributed by atoms with van der Waals surface area (Å²) in [5.41, 5.74) is 2.66. The van der Waals surface area contributed by atoms with Gasteiger partial charge in [-0.05, 0) is 38.3 Å². The first-order chi connectivity index (χ1) is 11.4. The standard InChI is InChI=1S/C17H22N4O3/c1-17(2,3)24-16(22)21-8-7-12-5-4-6-13(15(12)21)9-18-10-14-19-11-23-20-14/h4-6,11,18H,7-10H2,1-3H3. The maximum absolute atomic E-state index is 12.5. The van der Waals surface area contributed by atoms with E-state index in [0.29, 0.717) is 25.5 Å². The van der Waals surface area contributed by atoms with Gasteiger partial charge in [0.25, 0.3) is 0 Å². The molecule has 0 fully saturated rings. The second-order valence-corrected chi connectivity index (χ2v) is 6.76. The number of carbonyl (C=O) groups is 1. The summed E-state index contributed by atoms with van der Waals surface area (Å²) in [6.07, 6.45) is 1.85. The van der Waals surface area contributed by atoms with E-state index in [-0.39, 0.29) is 6.09 Å². The lowest BCUT2D eigenvalue weighted by Gasteiger charge is -2.26. The minimum Gasteiger partial charge on any atom is -0.443 e. The van der Waals surface area contributed by atoms with Gasteiger partial charge in [-0.2, -0.15) is 4.98 Å². The fourth-order valence-corrected chi connectivity index (χ4v) is 2.76. The Bertz CT molecular complexity index is 707. The molecule has 1 aromatic carbocycles. The van der Waals surface area contributed by atoms with Gasteiger partial charge in [0.15, 0.2) is 5.82 Å². The predicted molar refractivity (Wildman–Crippen MR) is 88.6 cm³/mol. The Morgan fingerprint density at radius 1 is 1.38 bits per heavy atom. The van der Waals surface area contributed by atoms with E-state index in [1.54, 1.807) is 4.90 Å². The molecule has 0 atom stereocenters. The molecule has 3 rings (SSSR count). The van der Waals surface area contributed by atoms with Crippen molar-refractivity contribution < 1.29 is 14.1 Å². The molecule has 1 aromatic heterocycles. The van der Waals surface area contributed by atoms with Gasteiger partial charge in [-0.1, -0.05) is 23.4 Å². The van der Waals surface area contributed by atoms with Gasteiger partial charge in [-0.3, -0.25) is 4.90 Å². The monoisotopic (exact) mass is 330 g/mol. The number of benzene rings is 1. The van der Waals surface area contributed by atoms with E-state index in [1.807, 2.05) is 32.9 Å². The van der Waals surface area contributed by atoms with Crippen molar-refractivity contribution in [3.8, 4) is 0 Å². The summed E-state index contributed by atoms with van der Waals surface area (Å²) >= 11 is 0. The number of amides is 1. The zero-order valence-corrected chi connectivity index (χ0v) is 14.2. The highest BCUT2D eigenvalue weighted by molar-refractivity contribution is 5.91. The molecule has 1 amide bonds. The Hall–Kier alpha value is -2.41. The molecule has 0 bridgehead atoms. The normalized spacial score (nSPS) is 13.9. The van der Waals surface area contributed by atoms with Gasteiger partial charge in [-0.15, -0.1) is 0 Å². The van der Waals surface area contributed by atoms with E-state index in [2.05, 4.69) is 21.5 Å². The zero-order valence-electron chi connectivity index (χ0n) is 14.2. The lowest BCUT2D eigenvalue weighted by Crippen LogP contribution is -2.36. The van der Waals surface area contributed by atoms with Crippen LogP contribution in [0.1, 0.15) is 37.7 Å². The largest absolute Gasteiger partial charge is 0.443 e. The molecule has 0 saturated heterocycles. The molecule has 0 radical (unpaired) electrons. The summed E-state index contributed by atoms with van der Waals surface area (Å²) in [6.45, 7) is 7.39. The molecule has 1 N–H and O–H groups in total. The number of aromatic nitrogens is 2. The van der Waals surface area contributed by atoms with Gasteiger partial charge >= 0.3 is 6.09 Å². The number of hydrogen-bond acceptors (Lipinski definition) is 6. The summed E-state index contributed by atoms with van der Waals surface area (Å²) in [4.78, 5) is 18.2. The van der Waals surface area contributed by atoms with Crippen LogP contribution in [0.3, 0.4) is 0 Å². The minimum absolute atomic E-state index is 0.299. The van der Waals surface area contributed by atoms with E-state index < -0.39 is 5.60 Å². The summed E-state index contributed by atoms with van der Waals surface area (Å²) < 4.78 is 10.2. The van der Waals surface area contributed by atoms with E-state index in [9.17, 15) is 4.79 Å². The highest BCUT2D eigenvalue weighted by atomic mass is 16.6. The number of para-hydroxylation sites is 1. The van der Waals surface area contributed by atoms with Crippen LogP contribution in [0.25, 0.3) is 0 Å². The van der Waals surface area contributed by atoms with Crippen molar-refractivity contribution in [2.24, 2.45) is 0 Å². The number of fused-ring (bicyclic) bond motifs is 1. The number of ether oxygens (including phenoxy) is 1. The topological polar surface area (TPSA) is 80.5 Å². The molecular formula is C17H22N4O3. The lowest BCUT2D eigenvalue weighted by molar-refractivity contribution is 0.0583. The number of hydrogen-bond donors (Lipinski definition) is 1. The third-order valence-electron chi connectivity index (χ3n) is 3.70. The Labute approximate surface area is 141 Å². The van der Waals surface area contributed by atoms with Gasteiger partial charge in [-0.25, -0.2) is 4.79 Å². The molecule has 1 aliphatic rings. The molecule has 7 heteroatoms. The number of carbonyl (C=O) groups excluding carboxylic acids is 1. The number of nitrogens with zero attached hydrogens (tertiary/aromatic N) is 3. The molecule has 1 aliphatic heterocycles. The van der Waals surface area contributed by atoms with Crippen molar-refractivity contribution >= 4 is 11.8 Å². The third kappa shape index (κ3) is 3.73. The first-order valence-electron chi connectivity index (χ1n) is 8.01. The molecule has 2 heterocycles. The third-order valence-corrected chi connectivity index (χ3v) is 3.70. The van der Waals surface area contributed by atoms with Crippen LogP contribution in [0.2, 0.25) is 0 Å². The second kappa shape index (κ2) is 6.60. The lowest BCUT2D eigenvalue weighted by atomic mass is 10.1. The molecule has 2 aromatic rings. The van der Waals surface area contributed by atoms with Crippen LogP contribution in [0.5, 0.6) is 0 Å². The van der Waals surface area contributed by atoms with Crippen LogP contribution >= 0.6 is 0 Å². The SMILES string of the molecule is CC(C)(C)OC(=O)N1CCc2cccc(CNCc3ncon3)c21. The van der Waals surface area contributed by atoms with E-state index >= 15 is 0 Å². The number of anilines is 1. The number of rotatable bonds is 4. The molecule has 128 valence electrons. The van der Waals surface area contributed by atoms with E-state index in [1.165, 1.54) is 12.0 Å². The molecule has 0 aliphatic carbocycles. The Morgan fingerprint density at radius 3 is 2.92 bits per heavy atom. The van der Waals surface area contributed by atoms with E-state index in [0.717, 1.165) is 17.7 Å². The molecule has 24 heavy (non-hydrogen) atoms. The van der Waals surface area contributed by atoms with Crippen molar-refractivity contribution in [1.29, 1.82) is 0 Å². The van der Waals surface area contributed by atoms with Gasteiger partial charge in [0.2, 0.25) is 6.39 Å². The highest BCUT2D eigenvalue weighted by Gasteiger charge is 2.30. The Morgan fingerprint density at radius 2 is 2.21 bits per heavy atom. The Kier molecular flexibility index (Phi) is 4.53. The van der Waals surface area contributed by atoms with E-state index in [4.69, 9.17) is 9.26 Å². The van der Waals surface area contributed by atoms with Gasteiger partial charge in [0.1, 0.15) is 5.60 Å². The van der Waals surface area contributed by atoms with Gasteiger partial charge in [0.05, 0.1) is 12.2 Å². The molecular weight excluding hydrogens is 308 g/mol. The maximum atomic E-state index is 12.5. The minimum atomic E-state index is -0.508. The Balaban J connectivity index is 1.73. The van der Waals surface area contributed by atoms with Gasteiger partial charge in [0, 0.05) is 13.1 Å². The molecule has 0 unspecified atom stereocenters. The van der Waals surface area contributed by atoms with Gasteiger partial charge < -0.3 is 14.6 Å². The smallest absolute Gasteiger partial charge is 0.414 e. The predicted octanol–water partition coefficient (Wildman–Crippen LogP) is 2.66. The molecule has 0 spiro atoms. The summed E-state index contributed by atoms with van der Waals surface area (Å²) in [6, 6.07) is 6.09. The van der Waals surface area contributed by atoms with Crippen LogP contribution in [0.15, 0.2) is 29.1 Å². The van der Waals surface area contributed by atoms with Crippen molar-refractivity contribution in [1.82, 2.24) is 15.5 Å². The summed E-state index contributed by atoms with van der Waals surface area (Å²) in [5, 5.41) is 7.05. The summed E-state index contributed by atoms with van der Waals surface area (Å²) in [7, 11) is 0. The highest BCUT2D eigenvalue weighted by Crippen LogP contribution is 2.33. The van der Waals surface area contributed by atoms with Crippen molar-refractivity contribution in [2.45, 2.75) is 45.9 Å². The first kappa shape index (κ1) is 16.4. The van der Waals surface area contributed by atoms with Crippen molar-refractivity contribution in [3.05, 3.63) is 41.5 Å². The second-order valence-electron chi connectivity index (χ2n) is 6.76.